The number of fused-ring (bicyclic) bond motifs is 1. The number of anilines is 1. The second-order valence-corrected chi connectivity index (χ2v) is 5.47. The smallest absolute Gasteiger partial charge is 0.339 e. The van der Waals surface area contributed by atoms with E-state index in [4.69, 9.17) is 18.7 Å². The van der Waals surface area contributed by atoms with Crippen molar-refractivity contribution in [2.45, 2.75) is 26.4 Å². The van der Waals surface area contributed by atoms with Gasteiger partial charge in [-0.25, -0.2) is 4.79 Å². The maximum Gasteiger partial charge on any atom is 0.339 e. The highest BCUT2D eigenvalue weighted by molar-refractivity contribution is 5.97. The lowest BCUT2D eigenvalue weighted by Gasteiger charge is -2.19. The van der Waals surface area contributed by atoms with Crippen molar-refractivity contribution in [2.24, 2.45) is 0 Å². The van der Waals surface area contributed by atoms with Gasteiger partial charge < -0.3 is 24.1 Å². The summed E-state index contributed by atoms with van der Waals surface area (Å²) in [6, 6.07) is 6.33. The van der Waals surface area contributed by atoms with Gasteiger partial charge in [0.2, 0.25) is 0 Å². The molecule has 2 heterocycles. The van der Waals surface area contributed by atoms with Crippen LogP contribution in [0.2, 0.25) is 0 Å². The summed E-state index contributed by atoms with van der Waals surface area (Å²) in [5, 5.41) is 6.23. The summed E-state index contributed by atoms with van der Waals surface area (Å²) in [6.45, 7) is 4.34. The van der Waals surface area contributed by atoms with Crippen LogP contribution < -0.4 is 14.8 Å². The third-order valence-corrected chi connectivity index (χ3v) is 3.57. The lowest BCUT2D eigenvalue weighted by Crippen LogP contribution is -2.32. The summed E-state index contributed by atoms with van der Waals surface area (Å²) >= 11 is 0. The average molecular weight is 346 g/mol. The molecule has 0 fully saturated rings. The summed E-state index contributed by atoms with van der Waals surface area (Å²) in [7, 11) is 0. The van der Waals surface area contributed by atoms with Crippen LogP contribution in [-0.4, -0.2) is 36.4 Å². The maximum absolute atomic E-state index is 12.3. The molecule has 2 aromatic rings. The molecule has 8 nitrogen and oxygen atoms in total. The molecule has 1 aromatic carbocycles. The van der Waals surface area contributed by atoms with E-state index in [0.29, 0.717) is 36.9 Å². The normalized spacial score (nSPS) is 13.8. The van der Waals surface area contributed by atoms with Gasteiger partial charge in [-0.2, -0.15) is 0 Å². The number of rotatable bonds is 5. The summed E-state index contributed by atoms with van der Waals surface area (Å²) in [4.78, 5) is 24.6. The minimum absolute atomic E-state index is 0.274. The van der Waals surface area contributed by atoms with Crippen molar-refractivity contribution in [1.82, 2.24) is 5.16 Å². The number of hydrogen-bond donors (Lipinski definition) is 1. The highest BCUT2D eigenvalue weighted by atomic mass is 16.6. The average Bonchev–Trinajstić information content (AvgIpc) is 3.03. The van der Waals surface area contributed by atoms with E-state index in [1.165, 1.54) is 0 Å². The molecule has 1 aliphatic heterocycles. The SMILES string of the molecule is CCC(OC(=O)c1ccc2c(c1)OCCO2)C(=O)Nc1cc(C)on1. The highest BCUT2D eigenvalue weighted by Gasteiger charge is 2.24. The summed E-state index contributed by atoms with van der Waals surface area (Å²) in [6.07, 6.45) is -0.628. The summed E-state index contributed by atoms with van der Waals surface area (Å²) in [5.41, 5.74) is 0.285. The number of carbonyl (C=O) groups excluding carboxylic acids is 2. The number of benzene rings is 1. The van der Waals surface area contributed by atoms with Gasteiger partial charge in [-0.1, -0.05) is 12.1 Å². The first-order valence-electron chi connectivity index (χ1n) is 7.91. The van der Waals surface area contributed by atoms with E-state index < -0.39 is 18.0 Å². The number of ether oxygens (including phenoxy) is 3. The molecule has 1 N–H and O–H groups in total. The Hall–Kier alpha value is -3.03. The largest absolute Gasteiger partial charge is 0.486 e. The van der Waals surface area contributed by atoms with Crippen molar-refractivity contribution in [3.05, 3.63) is 35.6 Å². The van der Waals surface area contributed by atoms with Gasteiger partial charge in [-0.3, -0.25) is 4.79 Å². The molecule has 3 rings (SSSR count). The number of amides is 1. The first-order valence-corrected chi connectivity index (χ1v) is 7.91. The van der Waals surface area contributed by atoms with Crippen molar-refractivity contribution >= 4 is 17.7 Å². The Labute approximate surface area is 144 Å². The zero-order valence-corrected chi connectivity index (χ0v) is 13.9. The summed E-state index contributed by atoms with van der Waals surface area (Å²) < 4.78 is 21.0. The fourth-order valence-electron chi connectivity index (χ4n) is 2.32. The molecule has 8 heteroatoms. The van der Waals surface area contributed by atoms with E-state index in [1.54, 1.807) is 38.1 Å². The minimum Gasteiger partial charge on any atom is -0.486 e. The van der Waals surface area contributed by atoms with Crippen LogP contribution in [0.1, 0.15) is 29.5 Å². The van der Waals surface area contributed by atoms with Crippen molar-refractivity contribution in [1.29, 1.82) is 0 Å². The molecular weight excluding hydrogens is 328 g/mol. The van der Waals surface area contributed by atoms with E-state index in [2.05, 4.69) is 10.5 Å². The van der Waals surface area contributed by atoms with Crippen LogP contribution in [0.25, 0.3) is 0 Å². The molecule has 0 saturated heterocycles. The molecule has 25 heavy (non-hydrogen) atoms. The van der Waals surface area contributed by atoms with Crippen LogP contribution in [0.3, 0.4) is 0 Å². The van der Waals surface area contributed by atoms with Gasteiger partial charge in [0.25, 0.3) is 5.91 Å². The van der Waals surface area contributed by atoms with Crippen LogP contribution >= 0.6 is 0 Å². The molecule has 132 valence electrons. The van der Waals surface area contributed by atoms with Gasteiger partial charge in [-0.05, 0) is 31.5 Å². The minimum atomic E-state index is -0.947. The molecule has 1 unspecified atom stereocenters. The Morgan fingerprint density at radius 1 is 1.24 bits per heavy atom. The Bertz CT molecular complexity index is 785. The number of nitrogens with zero attached hydrogens (tertiary/aromatic N) is 1. The highest BCUT2D eigenvalue weighted by Crippen LogP contribution is 2.31. The lowest BCUT2D eigenvalue weighted by atomic mass is 10.2. The molecular formula is C17H18N2O6. The van der Waals surface area contributed by atoms with Crippen LogP contribution in [0, 0.1) is 6.92 Å². The molecule has 0 aliphatic carbocycles. The number of nitrogens with one attached hydrogen (secondary N) is 1. The Morgan fingerprint density at radius 3 is 2.68 bits per heavy atom. The zero-order chi connectivity index (χ0) is 17.8. The van der Waals surface area contributed by atoms with Crippen molar-refractivity contribution in [3.63, 3.8) is 0 Å². The predicted molar refractivity (Wildman–Crippen MR) is 86.8 cm³/mol. The van der Waals surface area contributed by atoms with Gasteiger partial charge in [0, 0.05) is 6.07 Å². The van der Waals surface area contributed by atoms with E-state index >= 15 is 0 Å². The topological polar surface area (TPSA) is 99.9 Å². The quantitative estimate of drug-likeness (QED) is 0.829. The lowest BCUT2D eigenvalue weighted by molar-refractivity contribution is -0.124. The fraction of sp³-hybridized carbons (Fsp3) is 0.353. The van der Waals surface area contributed by atoms with Crippen molar-refractivity contribution in [3.8, 4) is 11.5 Å². The molecule has 0 saturated carbocycles. The number of carbonyl (C=O) groups is 2. The number of aryl methyl sites for hydroxylation is 1. The fourth-order valence-corrected chi connectivity index (χ4v) is 2.32. The van der Waals surface area contributed by atoms with Crippen LogP contribution in [-0.2, 0) is 9.53 Å². The molecule has 0 radical (unpaired) electrons. The van der Waals surface area contributed by atoms with Gasteiger partial charge in [0.15, 0.2) is 23.4 Å². The second-order valence-electron chi connectivity index (χ2n) is 5.47. The van der Waals surface area contributed by atoms with E-state index in [0.717, 1.165) is 0 Å². The predicted octanol–water partition coefficient (Wildman–Crippen LogP) is 2.33. The molecule has 1 aliphatic rings. The van der Waals surface area contributed by atoms with Crippen molar-refractivity contribution < 1.29 is 28.3 Å². The molecule has 0 bridgehead atoms. The third kappa shape index (κ3) is 3.90. The Balaban J connectivity index is 1.66. The van der Waals surface area contributed by atoms with Gasteiger partial charge in [0.05, 0.1) is 5.56 Å². The van der Waals surface area contributed by atoms with Crippen LogP contribution in [0.5, 0.6) is 11.5 Å². The number of hydrogen-bond acceptors (Lipinski definition) is 7. The van der Waals surface area contributed by atoms with Crippen LogP contribution in [0.15, 0.2) is 28.8 Å². The number of aromatic nitrogens is 1. The Morgan fingerprint density at radius 2 is 2.00 bits per heavy atom. The summed E-state index contributed by atoms with van der Waals surface area (Å²) in [5.74, 6) is 0.815. The molecule has 1 atom stereocenters. The molecule has 1 aromatic heterocycles. The first kappa shape index (κ1) is 16.8. The van der Waals surface area contributed by atoms with Gasteiger partial charge in [-0.15, -0.1) is 0 Å². The molecule has 1 amide bonds. The number of esters is 1. The van der Waals surface area contributed by atoms with Crippen LogP contribution in [0.4, 0.5) is 5.82 Å². The molecule has 0 spiro atoms. The third-order valence-electron chi connectivity index (χ3n) is 3.57. The zero-order valence-electron chi connectivity index (χ0n) is 13.9. The van der Waals surface area contributed by atoms with E-state index in [-0.39, 0.29) is 11.4 Å². The van der Waals surface area contributed by atoms with E-state index in [1.807, 2.05) is 0 Å². The van der Waals surface area contributed by atoms with Crippen molar-refractivity contribution in [2.75, 3.05) is 18.5 Å². The second kappa shape index (κ2) is 7.25. The van der Waals surface area contributed by atoms with Gasteiger partial charge >= 0.3 is 5.97 Å². The monoisotopic (exact) mass is 346 g/mol. The first-order chi connectivity index (χ1) is 12.1. The standard InChI is InChI=1S/C17H18N2O6/c1-3-12(16(20)18-15-8-10(2)25-19-15)24-17(21)11-4-5-13-14(9-11)23-7-6-22-13/h4-5,8-9,12H,3,6-7H2,1-2H3,(H,18,19,20). The maximum atomic E-state index is 12.3. The van der Waals surface area contributed by atoms with E-state index in [9.17, 15) is 9.59 Å². The Kier molecular flexibility index (Phi) is 4.87. The van der Waals surface area contributed by atoms with Gasteiger partial charge in [0.1, 0.15) is 19.0 Å².